The van der Waals surface area contributed by atoms with Gasteiger partial charge in [-0.05, 0) is 6.07 Å². The highest BCUT2D eigenvalue weighted by Gasteiger charge is 2.03. The second-order valence-corrected chi connectivity index (χ2v) is 4.19. The molecule has 0 fully saturated rings. The molecule has 2 N–H and O–H groups in total. The molecule has 0 aromatic carbocycles. The molecule has 0 saturated heterocycles. The molecule has 0 aliphatic heterocycles. The molecule has 84 valence electrons. The standard InChI is InChI=1S/C10H10FN3OS/c11-7-1-2-10(15)14(4-7)5-9-13-8(3-12)6-16-9/h1-2,4,6H,3,5,12H2. The summed E-state index contributed by atoms with van der Waals surface area (Å²) in [4.78, 5) is 15.6. The van der Waals surface area contributed by atoms with Crippen molar-refractivity contribution < 1.29 is 4.39 Å². The van der Waals surface area contributed by atoms with Crippen molar-refractivity contribution in [3.8, 4) is 0 Å². The van der Waals surface area contributed by atoms with Crippen molar-refractivity contribution >= 4 is 11.3 Å². The van der Waals surface area contributed by atoms with Gasteiger partial charge in [0.05, 0.1) is 12.2 Å². The van der Waals surface area contributed by atoms with E-state index in [1.165, 1.54) is 28.2 Å². The molecule has 2 heterocycles. The van der Waals surface area contributed by atoms with Crippen molar-refractivity contribution in [3.05, 3.63) is 50.6 Å². The van der Waals surface area contributed by atoms with Crippen LogP contribution in [0, 0.1) is 5.82 Å². The van der Waals surface area contributed by atoms with Crippen LogP contribution in [0.15, 0.2) is 28.5 Å². The van der Waals surface area contributed by atoms with E-state index < -0.39 is 5.82 Å². The zero-order valence-electron chi connectivity index (χ0n) is 8.39. The van der Waals surface area contributed by atoms with Gasteiger partial charge in [0.1, 0.15) is 10.8 Å². The first kappa shape index (κ1) is 11.0. The van der Waals surface area contributed by atoms with Crippen molar-refractivity contribution in [3.63, 3.8) is 0 Å². The van der Waals surface area contributed by atoms with Crippen molar-refractivity contribution in [1.82, 2.24) is 9.55 Å². The fourth-order valence-corrected chi connectivity index (χ4v) is 2.09. The SMILES string of the molecule is NCc1csc(Cn2cc(F)ccc2=O)n1. The van der Waals surface area contributed by atoms with E-state index in [1.54, 1.807) is 0 Å². The Balaban J connectivity index is 2.26. The fraction of sp³-hybridized carbons (Fsp3) is 0.200. The lowest BCUT2D eigenvalue weighted by Crippen LogP contribution is -2.19. The Kier molecular flexibility index (Phi) is 3.12. The summed E-state index contributed by atoms with van der Waals surface area (Å²) in [7, 11) is 0. The lowest BCUT2D eigenvalue weighted by atomic mass is 10.4. The van der Waals surface area contributed by atoms with E-state index in [1.807, 2.05) is 5.38 Å². The Morgan fingerprint density at radius 3 is 3.00 bits per heavy atom. The number of rotatable bonds is 3. The molecule has 2 aromatic heterocycles. The number of thiazole rings is 1. The molecular weight excluding hydrogens is 229 g/mol. The number of nitrogens with two attached hydrogens (primary N) is 1. The Labute approximate surface area is 95.2 Å². The molecule has 4 nitrogen and oxygen atoms in total. The first-order valence-corrected chi connectivity index (χ1v) is 5.56. The lowest BCUT2D eigenvalue weighted by Gasteiger charge is -2.01. The van der Waals surface area contributed by atoms with Gasteiger partial charge in [0.15, 0.2) is 0 Å². The number of halogens is 1. The van der Waals surface area contributed by atoms with Crippen LogP contribution in [0.25, 0.3) is 0 Å². The fourth-order valence-electron chi connectivity index (χ4n) is 1.29. The average Bonchev–Trinajstić information content (AvgIpc) is 2.71. The van der Waals surface area contributed by atoms with E-state index in [0.29, 0.717) is 6.54 Å². The van der Waals surface area contributed by atoms with Crippen molar-refractivity contribution in [2.75, 3.05) is 0 Å². The van der Waals surface area contributed by atoms with Crippen LogP contribution in [-0.4, -0.2) is 9.55 Å². The number of hydrogen-bond donors (Lipinski definition) is 1. The highest BCUT2D eigenvalue weighted by Crippen LogP contribution is 2.10. The Morgan fingerprint density at radius 2 is 2.31 bits per heavy atom. The zero-order chi connectivity index (χ0) is 11.5. The Hall–Kier alpha value is -1.53. The molecule has 0 bridgehead atoms. The van der Waals surface area contributed by atoms with Gasteiger partial charge < -0.3 is 10.3 Å². The van der Waals surface area contributed by atoms with Crippen LogP contribution in [-0.2, 0) is 13.1 Å². The Bertz CT molecular complexity index is 549. The maximum Gasteiger partial charge on any atom is 0.251 e. The van der Waals surface area contributed by atoms with E-state index in [-0.39, 0.29) is 12.1 Å². The van der Waals surface area contributed by atoms with Gasteiger partial charge in [-0.3, -0.25) is 4.79 Å². The summed E-state index contributed by atoms with van der Waals surface area (Å²) in [6, 6.07) is 2.35. The number of hydrogen-bond acceptors (Lipinski definition) is 4. The van der Waals surface area contributed by atoms with E-state index in [4.69, 9.17) is 5.73 Å². The van der Waals surface area contributed by atoms with E-state index >= 15 is 0 Å². The second-order valence-electron chi connectivity index (χ2n) is 3.25. The average molecular weight is 239 g/mol. The van der Waals surface area contributed by atoms with E-state index in [2.05, 4.69) is 4.98 Å². The lowest BCUT2D eigenvalue weighted by molar-refractivity contribution is 0.595. The van der Waals surface area contributed by atoms with Crippen molar-refractivity contribution in [2.24, 2.45) is 5.73 Å². The maximum absolute atomic E-state index is 12.9. The quantitative estimate of drug-likeness (QED) is 0.867. The Morgan fingerprint density at radius 1 is 1.50 bits per heavy atom. The molecule has 6 heteroatoms. The highest BCUT2D eigenvalue weighted by molar-refractivity contribution is 7.09. The summed E-state index contributed by atoms with van der Waals surface area (Å²) >= 11 is 1.41. The van der Waals surface area contributed by atoms with E-state index in [9.17, 15) is 9.18 Å². The summed E-state index contributed by atoms with van der Waals surface area (Å²) in [5.41, 5.74) is 5.96. The first-order valence-electron chi connectivity index (χ1n) is 4.68. The largest absolute Gasteiger partial charge is 0.325 e. The molecule has 0 saturated carbocycles. The van der Waals surface area contributed by atoms with Crippen LogP contribution < -0.4 is 11.3 Å². The van der Waals surface area contributed by atoms with Gasteiger partial charge in [0.25, 0.3) is 5.56 Å². The molecule has 2 rings (SSSR count). The molecular formula is C10H10FN3OS. The smallest absolute Gasteiger partial charge is 0.251 e. The summed E-state index contributed by atoms with van der Waals surface area (Å²) in [5, 5.41) is 2.58. The number of pyridine rings is 1. The zero-order valence-corrected chi connectivity index (χ0v) is 9.21. The van der Waals surface area contributed by atoms with Crippen LogP contribution in [0.2, 0.25) is 0 Å². The molecule has 0 aliphatic carbocycles. The molecule has 0 atom stereocenters. The minimum absolute atomic E-state index is 0.245. The summed E-state index contributed by atoms with van der Waals surface area (Å²) in [5.74, 6) is -0.435. The highest BCUT2D eigenvalue weighted by atomic mass is 32.1. The van der Waals surface area contributed by atoms with Gasteiger partial charge >= 0.3 is 0 Å². The molecule has 0 aliphatic rings. The predicted octanol–water partition coefficient (Wildman–Crippen LogP) is 0.951. The van der Waals surface area contributed by atoms with Crippen LogP contribution >= 0.6 is 11.3 Å². The van der Waals surface area contributed by atoms with Gasteiger partial charge in [0, 0.05) is 24.2 Å². The summed E-state index contributed by atoms with van der Waals surface area (Å²) < 4.78 is 14.2. The van der Waals surface area contributed by atoms with Crippen molar-refractivity contribution in [2.45, 2.75) is 13.1 Å². The van der Waals surface area contributed by atoms with Crippen LogP contribution in [0.5, 0.6) is 0 Å². The topological polar surface area (TPSA) is 60.9 Å². The molecule has 0 radical (unpaired) electrons. The molecule has 2 aromatic rings. The number of aromatic nitrogens is 2. The second kappa shape index (κ2) is 4.54. The minimum Gasteiger partial charge on any atom is -0.325 e. The molecule has 0 spiro atoms. The normalized spacial score (nSPS) is 10.6. The molecule has 0 unspecified atom stereocenters. The van der Waals surface area contributed by atoms with Crippen LogP contribution in [0.4, 0.5) is 4.39 Å². The van der Waals surface area contributed by atoms with Gasteiger partial charge in [-0.25, -0.2) is 9.37 Å². The van der Waals surface area contributed by atoms with Crippen molar-refractivity contribution in [1.29, 1.82) is 0 Å². The third-order valence-corrected chi connectivity index (χ3v) is 2.94. The summed E-state index contributed by atoms with van der Waals surface area (Å²) in [6.07, 6.45) is 1.17. The molecule has 16 heavy (non-hydrogen) atoms. The van der Waals surface area contributed by atoms with Gasteiger partial charge in [-0.1, -0.05) is 0 Å². The molecule has 0 amide bonds. The van der Waals surface area contributed by atoms with Gasteiger partial charge in [-0.15, -0.1) is 11.3 Å². The first-order chi connectivity index (χ1) is 7.69. The monoisotopic (exact) mass is 239 g/mol. The van der Waals surface area contributed by atoms with Crippen LogP contribution in [0.1, 0.15) is 10.7 Å². The minimum atomic E-state index is -0.435. The summed E-state index contributed by atoms with van der Waals surface area (Å²) in [6.45, 7) is 0.649. The van der Waals surface area contributed by atoms with E-state index in [0.717, 1.165) is 16.8 Å². The maximum atomic E-state index is 12.9. The number of nitrogens with zero attached hydrogens (tertiary/aromatic N) is 2. The third-order valence-electron chi connectivity index (χ3n) is 2.06. The van der Waals surface area contributed by atoms with Gasteiger partial charge in [-0.2, -0.15) is 0 Å². The van der Waals surface area contributed by atoms with Gasteiger partial charge in [0.2, 0.25) is 0 Å². The predicted molar refractivity (Wildman–Crippen MR) is 59.8 cm³/mol. The third kappa shape index (κ3) is 2.34. The van der Waals surface area contributed by atoms with Crippen LogP contribution in [0.3, 0.4) is 0 Å².